The molecule has 0 bridgehead atoms. The van der Waals surface area contributed by atoms with E-state index in [2.05, 4.69) is 52.0 Å². The molecule has 5 heteroatoms. The molecule has 1 saturated carbocycles. The number of hydrogen-bond acceptors (Lipinski definition) is 4. The lowest BCUT2D eigenvalue weighted by Gasteiger charge is -2.29. The van der Waals surface area contributed by atoms with Gasteiger partial charge in [-0.1, -0.05) is 49.6 Å². The summed E-state index contributed by atoms with van der Waals surface area (Å²) in [7, 11) is 0. The molecule has 1 aromatic heterocycles. The number of aromatic nitrogens is 2. The van der Waals surface area contributed by atoms with Crippen LogP contribution in [0.2, 0.25) is 0 Å². The third kappa shape index (κ3) is 4.82. The zero-order valence-corrected chi connectivity index (χ0v) is 18.4. The van der Waals surface area contributed by atoms with E-state index in [0.29, 0.717) is 5.91 Å². The van der Waals surface area contributed by atoms with E-state index in [1.165, 1.54) is 30.4 Å². The Hall–Kier alpha value is -2.43. The van der Waals surface area contributed by atoms with Crippen molar-refractivity contribution in [2.45, 2.75) is 58.8 Å². The number of amides is 1. The van der Waals surface area contributed by atoms with Crippen molar-refractivity contribution in [1.29, 1.82) is 0 Å². The van der Waals surface area contributed by atoms with Gasteiger partial charge in [0.2, 0.25) is 5.91 Å². The third-order valence-corrected chi connectivity index (χ3v) is 6.59. The smallest absolute Gasteiger partial charge is 0.225 e. The normalized spacial score (nSPS) is 18.3. The van der Waals surface area contributed by atoms with Crippen molar-refractivity contribution in [3.8, 4) is 0 Å². The molecule has 2 aromatic rings. The number of nitrogens with zero attached hydrogens (tertiary/aromatic N) is 4. The number of carbonyl (C=O) groups excluding carboxylic acids is 1. The van der Waals surface area contributed by atoms with Gasteiger partial charge in [0.15, 0.2) is 0 Å². The van der Waals surface area contributed by atoms with E-state index in [-0.39, 0.29) is 5.92 Å². The van der Waals surface area contributed by atoms with E-state index in [1.807, 2.05) is 6.92 Å². The van der Waals surface area contributed by atoms with Gasteiger partial charge in [0.1, 0.15) is 11.6 Å². The summed E-state index contributed by atoms with van der Waals surface area (Å²) in [5.74, 6) is 2.51. The van der Waals surface area contributed by atoms with Crippen LogP contribution in [-0.4, -0.2) is 47.0 Å². The highest BCUT2D eigenvalue weighted by molar-refractivity contribution is 5.79. The Balaban J connectivity index is 1.51. The Kier molecular flexibility index (Phi) is 6.66. The molecule has 1 amide bonds. The van der Waals surface area contributed by atoms with E-state index in [4.69, 9.17) is 4.98 Å². The summed E-state index contributed by atoms with van der Waals surface area (Å²) in [5, 5.41) is 0. The van der Waals surface area contributed by atoms with Crippen molar-refractivity contribution >= 4 is 11.7 Å². The molecule has 160 valence electrons. The third-order valence-electron chi connectivity index (χ3n) is 6.59. The van der Waals surface area contributed by atoms with Crippen LogP contribution in [0, 0.1) is 19.8 Å². The highest BCUT2D eigenvalue weighted by Gasteiger charge is 2.28. The first kappa shape index (κ1) is 20.8. The first-order chi connectivity index (χ1) is 14.6. The van der Waals surface area contributed by atoms with Gasteiger partial charge in [-0.25, -0.2) is 9.97 Å². The van der Waals surface area contributed by atoms with E-state index < -0.39 is 0 Å². The van der Waals surface area contributed by atoms with Crippen LogP contribution in [-0.2, 0) is 11.2 Å². The van der Waals surface area contributed by atoms with Gasteiger partial charge in [-0.2, -0.15) is 0 Å². The summed E-state index contributed by atoms with van der Waals surface area (Å²) < 4.78 is 0. The van der Waals surface area contributed by atoms with Gasteiger partial charge < -0.3 is 9.80 Å². The number of aryl methyl sites for hydroxylation is 2. The van der Waals surface area contributed by atoms with Gasteiger partial charge in [0.05, 0.1) is 0 Å². The molecule has 1 aliphatic heterocycles. The average Bonchev–Trinajstić information content (AvgIpc) is 3.02. The largest absolute Gasteiger partial charge is 0.354 e. The second-order valence-electron chi connectivity index (χ2n) is 8.82. The van der Waals surface area contributed by atoms with Gasteiger partial charge in [0, 0.05) is 49.8 Å². The van der Waals surface area contributed by atoms with Gasteiger partial charge in [-0.05, 0) is 38.7 Å². The van der Waals surface area contributed by atoms with Crippen molar-refractivity contribution in [2.75, 3.05) is 31.1 Å². The molecule has 4 rings (SSSR count). The molecule has 0 N–H and O–H groups in total. The number of benzene rings is 1. The molecule has 2 heterocycles. The molecule has 2 aliphatic rings. The van der Waals surface area contributed by atoms with E-state index in [1.54, 1.807) is 0 Å². The van der Waals surface area contributed by atoms with Crippen LogP contribution >= 0.6 is 0 Å². The fourth-order valence-electron chi connectivity index (χ4n) is 4.94. The standard InChI is InChI=1S/C25H34N4O/c1-19-23(18-21-10-5-3-6-11-21)24(27-20(2)26-19)28-14-9-15-29(17-16-28)25(30)22-12-7-4-8-13-22/h3,5-6,10-11,22H,4,7-9,12-18H2,1-2H3. The Morgan fingerprint density at radius 2 is 1.70 bits per heavy atom. The highest BCUT2D eigenvalue weighted by atomic mass is 16.2. The van der Waals surface area contributed by atoms with Crippen molar-refractivity contribution in [3.05, 3.63) is 53.0 Å². The van der Waals surface area contributed by atoms with Crippen LogP contribution in [0.5, 0.6) is 0 Å². The molecule has 30 heavy (non-hydrogen) atoms. The van der Waals surface area contributed by atoms with Crippen LogP contribution in [0.15, 0.2) is 30.3 Å². The molecule has 0 atom stereocenters. The quantitative estimate of drug-likeness (QED) is 0.759. The number of anilines is 1. The van der Waals surface area contributed by atoms with Gasteiger partial charge in [-0.15, -0.1) is 0 Å². The lowest BCUT2D eigenvalue weighted by atomic mass is 9.88. The Morgan fingerprint density at radius 1 is 0.933 bits per heavy atom. The Morgan fingerprint density at radius 3 is 2.47 bits per heavy atom. The summed E-state index contributed by atoms with van der Waals surface area (Å²) >= 11 is 0. The second-order valence-corrected chi connectivity index (χ2v) is 8.82. The fraction of sp³-hybridized carbons (Fsp3) is 0.560. The summed E-state index contributed by atoms with van der Waals surface area (Å²) in [6, 6.07) is 10.5. The SMILES string of the molecule is Cc1nc(C)c(Cc2ccccc2)c(N2CCCN(C(=O)C3CCCCC3)CC2)n1. The fourth-order valence-corrected chi connectivity index (χ4v) is 4.94. The molecule has 1 saturated heterocycles. The van der Waals surface area contributed by atoms with Crippen LogP contribution in [0.25, 0.3) is 0 Å². The van der Waals surface area contributed by atoms with Crippen LogP contribution in [0.1, 0.15) is 61.2 Å². The minimum atomic E-state index is 0.252. The number of hydrogen-bond donors (Lipinski definition) is 0. The maximum absolute atomic E-state index is 13.0. The molecule has 2 fully saturated rings. The summed E-state index contributed by atoms with van der Waals surface area (Å²) in [6.45, 7) is 7.50. The summed E-state index contributed by atoms with van der Waals surface area (Å²) in [5.41, 5.74) is 3.54. The van der Waals surface area contributed by atoms with Crippen LogP contribution in [0.4, 0.5) is 5.82 Å². The summed E-state index contributed by atoms with van der Waals surface area (Å²) in [4.78, 5) is 27.1. The monoisotopic (exact) mass is 406 g/mol. The van der Waals surface area contributed by atoms with Crippen molar-refractivity contribution in [1.82, 2.24) is 14.9 Å². The van der Waals surface area contributed by atoms with Crippen molar-refractivity contribution < 1.29 is 4.79 Å². The molecule has 1 aliphatic carbocycles. The summed E-state index contributed by atoms with van der Waals surface area (Å²) in [6.07, 6.45) is 7.68. The minimum absolute atomic E-state index is 0.252. The van der Waals surface area contributed by atoms with Crippen LogP contribution < -0.4 is 4.90 Å². The lowest BCUT2D eigenvalue weighted by Crippen LogP contribution is -2.39. The molecule has 0 radical (unpaired) electrons. The van der Waals surface area contributed by atoms with Gasteiger partial charge >= 0.3 is 0 Å². The van der Waals surface area contributed by atoms with Gasteiger partial charge in [0.25, 0.3) is 0 Å². The zero-order chi connectivity index (χ0) is 20.9. The lowest BCUT2D eigenvalue weighted by molar-refractivity contribution is -0.136. The molecular formula is C25H34N4O. The van der Waals surface area contributed by atoms with Crippen molar-refractivity contribution in [3.63, 3.8) is 0 Å². The first-order valence-electron chi connectivity index (χ1n) is 11.5. The number of carbonyl (C=O) groups is 1. The van der Waals surface area contributed by atoms with Gasteiger partial charge in [-0.3, -0.25) is 4.79 Å². The highest BCUT2D eigenvalue weighted by Crippen LogP contribution is 2.28. The predicted molar refractivity (Wildman–Crippen MR) is 121 cm³/mol. The predicted octanol–water partition coefficient (Wildman–Crippen LogP) is 4.30. The van der Waals surface area contributed by atoms with E-state index >= 15 is 0 Å². The molecule has 5 nitrogen and oxygen atoms in total. The van der Waals surface area contributed by atoms with E-state index in [9.17, 15) is 4.79 Å². The van der Waals surface area contributed by atoms with Crippen molar-refractivity contribution in [2.24, 2.45) is 5.92 Å². The maximum Gasteiger partial charge on any atom is 0.225 e. The minimum Gasteiger partial charge on any atom is -0.354 e. The molecular weight excluding hydrogens is 372 g/mol. The zero-order valence-electron chi connectivity index (χ0n) is 18.4. The number of rotatable bonds is 4. The molecule has 0 spiro atoms. The Labute approximate surface area is 180 Å². The first-order valence-corrected chi connectivity index (χ1v) is 11.5. The Bertz CT molecular complexity index is 861. The average molecular weight is 407 g/mol. The van der Waals surface area contributed by atoms with Crippen LogP contribution in [0.3, 0.4) is 0 Å². The maximum atomic E-state index is 13.0. The topological polar surface area (TPSA) is 49.3 Å². The van der Waals surface area contributed by atoms with E-state index in [0.717, 1.165) is 69.2 Å². The second kappa shape index (κ2) is 9.59. The molecule has 0 unspecified atom stereocenters. The molecule has 1 aromatic carbocycles.